The maximum Gasteiger partial charge on any atom is 1.00 e. The molecule has 0 saturated carbocycles. The molecule has 0 unspecified atom stereocenters. The molecule has 0 saturated heterocycles. The number of hydrogen-bond donors (Lipinski definition) is 0. The molecule has 1 heterocycles. The third-order valence-corrected chi connectivity index (χ3v) is 10.1. The van der Waals surface area contributed by atoms with Crippen molar-refractivity contribution in [2.45, 2.75) is 0 Å². The van der Waals surface area contributed by atoms with E-state index in [0.717, 1.165) is 0 Å². The van der Waals surface area contributed by atoms with Crippen LogP contribution in [0.25, 0.3) is 33.4 Å². The third-order valence-electron chi connectivity index (χ3n) is 4.73. The smallest absolute Gasteiger partial charge is 0.871 e. The van der Waals surface area contributed by atoms with Gasteiger partial charge in [-0.3, -0.25) is 4.79 Å². The Morgan fingerprint density at radius 2 is 1.46 bits per heavy atom. The zero-order valence-corrected chi connectivity index (χ0v) is 32.9. The molecule has 1 aliphatic carbocycles. The van der Waals surface area contributed by atoms with Crippen molar-refractivity contribution in [1.29, 1.82) is 0 Å². The molecule has 35 heavy (non-hydrogen) atoms. The largest absolute Gasteiger partial charge is 1.00 e. The zero-order chi connectivity index (χ0) is 24.5. The van der Waals surface area contributed by atoms with Crippen LogP contribution in [0, 0.1) is 14.3 Å². The summed E-state index contributed by atoms with van der Waals surface area (Å²) in [6.07, 6.45) is 0. The normalized spacial score (nSPS) is 10.9. The predicted octanol–water partition coefficient (Wildman–Crippen LogP) is 1.04. The molecule has 0 atom stereocenters. The molecule has 0 aromatic heterocycles. The van der Waals surface area contributed by atoms with Crippen LogP contribution >= 0.6 is 137 Å². The first-order chi connectivity index (χ1) is 15.4. The molecule has 2 aromatic rings. The Labute approximate surface area is 316 Å². The molecule has 0 N–H and O–H groups in total. The fourth-order valence-electron chi connectivity index (χ4n) is 3.31. The Bertz CT molecular complexity index is 1580. The van der Waals surface area contributed by atoms with Gasteiger partial charge < -0.3 is 19.4 Å². The van der Waals surface area contributed by atoms with E-state index in [2.05, 4.69) is 0 Å². The average Bonchev–Trinajstić information content (AvgIpc) is 2.76. The Hall–Kier alpha value is 2.48. The Balaban J connectivity index is 0.00000216. The molecule has 15 heteroatoms. The molecule has 170 valence electrons. The fraction of sp³-hybridized carbons (Fsp3) is 0. The van der Waals surface area contributed by atoms with Crippen molar-refractivity contribution in [2.75, 3.05) is 0 Å². The molecule has 0 spiro atoms. The molecule has 0 radical (unpaired) electrons. The molecule has 4 rings (SSSR count). The number of carbonyl (C=O) groups excluding carboxylic acids is 1. The van der Waals surface area contributed by atoms with Crippen molar-refractivity contribution < 1.29 is 78.5 Å². The third kappa shape index (κ3) is 5.80. The molecule has 0 fully saturated rings. The Morgan fingerprint density at radius 1 is 0.886 bits per heavy atom. The van der Waals surface area contributed by atoms with E-state index in [4.69, 9.17) is 50.8 Å². The summed E-state index contributed by atoms with van der Waals surface area (Å²) in [6, 6.07) is 3.10. The molecule has 2 aliphatic rings. The number of fused-ring (bicyclic) bond motifs is 2. The van der Waals surface area contributed by atoms with Crippen molar-refractivity contribution in [3.05, 3.63) is 62.3 Å². The van der Waals surface area contributed by atoms with E-state index in [9.17, 15) is 19.8 Å². The van der Waals surface area contributed by atoms with E-state index >= 15 is 0 Å². The van der Waals surface area contributed by atoms with Gasteiger partial charge in [0.1, 0.15) is 9.15 Å². The van der Waals surface area contributed by atoms with E-state index in [1.807, 2.05) is 90.4 Å². The van der Waals surface area contributed by atoms with Gasteiger partial charge in [-0.05, 0) is 102 Å². The number of carboxylic acids is 1. The van der Waals surface area contributed by atoms with Crippen LogP contribution < -0.4 is 74.8 Å². The number of carbonyl (C=O) groups is 1. The number of rotatable bonds is 2. The van der Waals surface area contributed by atoms with E-state index in [0.29, 0.717) is 18.1 Å². The van der Waals surface area contributed by atoms with E-state index in [1.54, 1.807) is 12.1 Å². The van der Waals surface area contributed by atoms with E-state index in [-0.39, 0.29) is 120 Å². The summed E-state index contributed by atoms with van der Waals surface area (Å²) in [5.74, 6) is -1.75. The van der Waals surface area contributed by atoms with Gasteiger partial charge in [-0.2, -0.15) is 0 Å². The van der Waals surface area contributed by atoms with E-state index in [1.165, 1.54) is 0 Å². The van der Waals surface area contributed by atoms with Crippen LogP contribution in [0.2, 0.25) is 20.1 Å². The summed E-state index contributed by atoms with van der Waals surface area (Å²) in [5.41, 5.74) is -0.0131. The van der Waals surface area contributed by atoms with Crippen molar-refractivity contribution >= 4 is 154 Å². The number of hydrogen-bond acceptors (Lipinski definition) is 5. The van der Waals surface area contributed by atoms with Crippen LogP contribution in [0.3, 0.4) is 0 Å². The van der Waals surface area contributed by atoms with Gasteiger partial charge >= 0.3 is 59.1 Å². The average molecular weight is 1030 g/mol. The Morgan fingerprint density at radius 3 is 2.03 bits per heavy atom. The molecule has 2 aromatic carbocycles. The zero-order valence-electron chi connectivity index (χ0n) is 17.2. The van der Waals surface area contributed by atoms with Gasteiger partial charge in [-0.15, -0.1) is 0 Å². The van der Waals surface area contributed by atoms with Crippen molar-refractivity contribution in [3.63, 3.8) is 0 Å². The van der Waals surface area contributed by atoms with Crippen molar-refractivity contribution in [1.82, 2.24) is 0 Å². The van der Waals surface area contributed by atoms with Crippen LogP contribution in [0.1, 0.15) is 10.4 Å². The van der Waals surface area contributed by atoms with Crippen molar-refractivity contribution in [3.8, 4) is 28.2 Å². The second kappa shape index (κ2) is 13.0. The minimum Gasteiger partial charge on any atom is -0.871 e. The summed E-state index contributed by atoms with van der Waals surface area (Å²) < 4.78 is 7.27. The number of carboxylic acid groups (broad SMARTS) is 1. The van der Waals surface area contributed by atoms with Gasteiger partial charge in [-0.25, -0.2) is 0 Å². The molecule has 5 nitrogen and oxygen atoms in total. The fourth-order valence-corrected chi connectivity index (χ4v) is 7.91. The minimum absolute atomic E-state index is 0. The minimum atomic E-state index is -1.63. The monoisotopic (exact) mass is 1020 g/mol. The van der Waals surface area contributed by atoms with Gasteiger partial charge in [0.25, 0.3) is 0 Å². The summed E-state index contributed by atoms with van der Waals surface area (Å²) >= 11 is 32.7. The van der Waals surface area contributed by atoms with Gasteiger partial charge in [0, 0.05) is 34.8 Å². The maximum absolute atomic E-state index is 12.6. The number of benzene rings is 3. The summed E-state index contributed by atoms with van der Waals surface area (Å²) in [7, 11) is 0. The second-order valence-corrected chi connectivity index (χ2v) is 12.5. The second-order valence-electron chi connectivity index (χ2n) is 6.53. The first-order valence-corrected chi connectivity index (χ1v) is 14.2. The summed E-state index contributed by atoms with van der Waals surface area (Å²) in [5, 5.41) is 24.3. The molecule has 0 amide bonds. The van der Waals surface area contributed by atoms with Gasteiger partial charge in [0.2, 0.25) is 5.43 Å². The first kappa shape index (κ1) is 33.7. The molecular weight excluding hydrogens is 1020 g/mol. The first-order valence-electron chi connectivity index (χ1n) is 8.39. The van der Waals surface area contributed by atoms with E-state index < -0.39 is 11.5 Å². The van der Waals surface area contributed by atoms with Crippen molar-refractivity contribution in [2.24, 2.45) is 0 Å². The predicted molar refractivity (Wildman–Crippen MR) is 159 cm³/mol. The quantitative estimate of drug-likeness (QED) is 0.0986. The van der Waals surface area contributed by atoms with Crippen LogP contribution in [-0.4, -0.2) is 5.97 Å². The molecule has 1 aliphatic heterocycles. The van der Waals surface area contributed by atoms with Crippen LogP contribution in [0.4, 0.5) is 0 Å². The molecular formula is C20H2Cl4I4Na2O5. The Kier molecular flexibility index (Phi) is 12.5. The van der Waals surface area contributed by atoms with Gasteiger partial charge in [0.15, 0.2) is 5.76 Å². The topological polar surface area (TPSA) is 93.4 Å². The van der Waals surface area contributed by atoms with Gasteiger partial charge in [0.05, 0.1) is 29.6 Å². The SMILES string of the molecule is O=C([O-])c1c(Cl)c(Cl)c(Cl)c(Cl)c1-c1c2cc([131I])c(=O)c(I)c-2oc2c(I)c([O-])c([131I])cc12.[Na+].[Na+]. The number of halogens is 8. The standard InChI is InChI=1S/C20H4Cl4I4O5.2Na/c21-10-8(9(20(31)32)11(22)13(24)12(10)23)7-3-1-5(25)16(29)14(27)18(3)33-19-4(7)2-6(26)17(30)15(19)28;;/h1-2,29H,(H,31,32);;/q;2*+1/p-2/i25+4,26+4;;. The molecule has 0 bridgehead atoms. The van der Waals surface area contributed by atoms with Crippen LogP contribution in [-0.2, 0) is 0 Å². The van der Waals surface area contributed by atoms with Crippen LogP contribution in [0.15, 0.2) is 21.3 Å². The summed E-state index contributed by atoms with van der Waals surface area (Å²) in [6.45, 7) is 0. The summed E-state index contributed by atoms with van der Waals surface area (Å²) in [4.78, 5) is 24.8. The van der Waals surface area contributed by atoms with Crippen LogP contribution in [0.5, 0.6) is 5.75 Å². The van der Waals surface area contributed by atoms with Gasteiger partial charge in [-0.1, -0.05) is 52.2 Å². The maximum atomic E-state index is 12.6. The number of aromatic carboxylic acids is 1.